The number of nitrogens with zero attached hydrogens (tertiary/aromatic N) is 1. The molecule has 0 radical (unpaired) electrons. The fraction of sp³-hybridized carbons (Fsp3) is 0.733. The van der Waals surface area contributed by atoms with Crippen molar-refractivity contribution in [1.82, 2.24) is 0 Å². The topological polar surface area (TPSA) is 17.1 Å². The van der Waals surface area contributed by atoms with E-state index in [0.717, 1.165) is 0 Å². The van der Waals surface area contributed by atoms with Crippen LogP contribution in [0.2, 0.25) is 0 Å². The van der Waals surface area contributed by atoms with Crippen molar-refractivity contribution in [3.8, 4) is 0 Å². The Labute approximate surface area is 114 Å². The molecule has 102 valence electrons. The zero-order chi connectivity index (χ0) is 14.5. The summed E-state index contributed by atoms with van der Waals surface area (Å²) in [5.74, 6) is 0.344. The van der Waals surface area contributed by atoms with Crippen LogP contribution in [0, 0.1) is 5.92 Å². The fourth-order valence-electron chi connectivity index (χ4n) is 2.32. The Balaban J connectivity index is 3.25. The number of hydrogen-bond donors (Lipinski definition) is 0. The Kier molecular flexibility index (Phi) is 3.91. The van der Waals surface area contributed by atoms with Gasteiger partial charge in [-0.2, -0.15) is 0 Å². The molecule has 0 fully saturated rings. The maximum atomic E-state index is 13.1. The number of quaternary nitrogens is 1. The Bertz CT molecular complexity index is 450. The average molecular weight is 266 g/mol. The second-order valence-electron chi connectivity index (χ2n) is 7.00. The minimum Gasteiger partial charge on any atom is -0.325 e. The van der Waals surface area contributed by atoms with Crippen LogP contribution in [0.15, 0.2) is 21.9 Å². The smallest absolute Gasteiger partial charge is 0.325 e. The number of rotatable bonds is 2. The summed E-state index contributed by atoms with van der Waals surface area (Å²) in [6, 6.07) is 0. The lowest BCUT2D eigenvalue weighted by molar-refractivity contribution is -0.837. The summed E-state index contributed by atoms with van der Waals surface area (Å²) in [5.41, 5.74) is 3.98. The van der Waals surface area contributed by atoms with Gasteiger partial charge < -0.3 is 8.61 Å². The van der Waals surface area contributed by atoms with E-state index in [9.17, 15) is 4.46 Å². The van der Waals surface area contributed by atoms with Crippen LogP contribution in [0.5, 0.6) is 0 Å². The lowest BCUT2D eigenvalue weighted by atomic mass is 10.1. The number of hydrogen-bond acceptors (Lipinski definition) is 1. The van der Waals surface area contributed by atoms with Crippen molar-refractivity contribution in [2.45, 2.75) is 54.0 Å². The predicted octanol–water partition coefficient (Wildman–Crippen LogP) is 3.62. The Morgan fingerprint density at radius 1 is 1.06 bits per heavy atom. The van der Waals surface area contributed by atoms with Crippen molar-refractivity contribution in [2.75, 3.05) is 14.1 Å². The van der Waals surface area contributed by atoms with Crippen molar-refractivity contribution in [1.29, 1.82) is 0 Å². The van der Waals surface area contributed by atoms with Crippen molar-refractivity contribution in [3.05, 3.63) is 21.9 Å². The summed E-state index contributed by atoms with van der Waals surface area (Å²) in [6.45, 7) is 15.1. The van der Waals surface area contributed by atoms with E-state index >= 15 is 0 Å². The molecule has 0 aromatic rings. The molecule has 3 heteroatoms. The molecule has 0 aromatic carbocycles. The van der Waals surface area contributed by atoms with Gasteiger partial charge >= 0.3 is 8.84 Å². The highest BCUT2D eigenvalue weighted by Gasteiger charge is 2.47. The largest absolute Gasteiger partial charge is 0.588 e. The molecule has 0 aliphatic heterocycles. The zero-order valence-corrected chi connectivity index (χ0v) is 14.4. The predicted molar refractivity (Wildman–Crippen MR) is 78.5 cm³/mol. The highest BCUT2D eigenvalue weighted by molar-refractivity contribution is 6.45. The van der Waals surface area contributed by atoms with Gasteiger partial charge in [-0.15, -0.1) is 0 Å². The molecule has 1 aliphatic carbocycles. The lowest BCUT2D eigenvalue weighted by Gasteiger charge is -2.41. The summed E-state index contributed by atoms with van der Waals surface area (Å²) in [5, 5.41) is 1.19. The Hall–Kier alpha value is -0.543. The molecule has 0 bridgehead atoms. The molecule has 1 unspecified atom stereocenters. The summed E-state index contributed by atoms with van der Waals surface area (Å²) in [6.07, 6.45) is 0. The van der Waals surface area contributed by atoms with Gasteiger partial charge in [-0.25, -0.2) is 0 Å². The van der Waals surface area contributed by atoms with Crippen LogP contribution in [0.4, 0.5) is 0 Å². The van der Waals surface area contributed by atoms with Crippen molar-refractivity contribution in [3.63, 3.8) is 0 Å². The molecule has 0 spiro atoms. The van der Waals surface area contributed by atoms with Crippen molar-refractivity contribution < 1.29 is 8.61 Å². The quantitative estimate of drug-likeness (QED) is 0.698. The normalized spacial score (nSPS) is 21.9. The summed E-state index contributed by atoms with van der Waals surface area (Å²) in [7, 11) is 2.35. The van der Waals surface area contributed by atoms with E-state index in [1.807, 2.05) is 0 Å². The minimum atomic E-state index is -1.84. The molecule has 0 saturated heterocycles. The Morgan fingerprint density at radius 3 is 1.78 bits per heavy atom. The van der Waals surface area contributed by atoms with Gasteiger partial charge in [-0.05, 0) is 52.7 Å². The lowest BCUT2D eigenvalue weighted by Crippen LogP contribution is -2.60. The first kappa shape index (κ1) is 15.5. The van der Waals surface area contributed by atoms with Gasteiger partial charge in [-0.1, -0.05) is 12.5 Å². The fourth-order valence-corrected chi connectivity index (χ4v) is 4.62. The van der Waals surface area contributed by atoms with Gasteiger partial charge in [0.1, 0.15) is 0 Å². The van der Waals surface area contributed by atoms with E-state index in [4.69, 9.17) is 0 Å². The van der Waals surface area contributed by atoms with Crippen LogP contribution in [-0.2, 0) is 4.46 Å². The van der Waals surface area contributed by atoms with E-state index < -0.39 is 8.84 Å². The minimum absolute atomic E-state index is 0.00650. The molecule has 1 rings (SSSR count). The second kappa shape index (κ2) is 4.53. The maximum absolute atomic E-state index is 13.1. The Morgan fingerprint density at radius 2 is 1.50 bits per heavy atom. The third-order valence-electron chi connectivity index (χ3n) is 5.06. The SMILES string of the molecule is CC1=C(C)C(C)C([Si](=O)[N+](C)(C)C(C)(C)C)=C1C. The van der Waals surface area contributed by atoms with E-state index in [1.54, 1.807) is 0 Å². The molecule has 18 heavy (non-hydrogen) atoms. The van der Waals surface area contributed by atoms with Gasteiger partial charge in [0.15, 0.2) is 0 Å². The molecule has 0 heterocycles. The van der Waals surface area contributed by atoms with Gasteiger partial charge in [0.25, 0.3) is 0 Å². The second-order valence-corrected chi connectivity index (χ2v) is 9.26. The molecular weight excluding hydrogens is 238 g/mol. The van der Waals surface area contributed by atoms with Gasteiger partial charge in [0, 0.05) is 11.1 Å². The first-order valence-electron chi connectivity index (χ1n) is 6.70. The molecule has 0 N–H and O–H groups in total. The maximum Gasteiger partial charge on any atom is 0.588 e. The molecule has 2 nitrogen and oxygen atoms in total. The van der Waals surface area contributed by atoms with Crippen molar-refractivity contribution >= 4 is 8.84 Å². The summed E-state index contributed by atoms with van der Waals surface area (Å²) < 4.78 is 13.7. The monoisotopic (exact) mass is 266 g/mol. The summed E-state index contributed by atoms with van der Waals surface area (Å²) in [4.78, 5) is 0. The van der Waals surface area contributed by atoms with Crippen LogP contribution < -0.4 is 0 Å². The number of allylic oxidation sites excluding steroid dienone is 4. The highest BCUT2D eigenvalue weighted by atomic mass is 28.3. The summed E-state index contributed by atoms with van der Waals surface area (Å²) >= 11 is 0. The molecule has 0 saturated carbocycles. The first-order chi connectivity index (χ1) is 7.93. The average Bonchev–Trinajstić information content (AvgIpc) is 2.41. The molecular formula is C15H28NOSi+. The van der Waals surface area contributed by atoms with Gasteiger partial charge in [0.05, 0.1) is 19.6 Å². The van der Waals surface area contributed by atoms with E-state index in [-0.39, 0.29) is 5.54 Å². The highest BCUT2D eigenvalue weighted by Crippen LogP contribution is 2.38. The van der Waals surface area contributed by atoms with Crippen LogP contribution >= 0.6 is 0 Å². The first-order valence-corrected chi connectivity index (χ1v) is 8.06. The molecule has 0 amide bonds. The standard InChI is InChI=1S/C15H28NOSi/c1-10-11(2)13(4)14(12(10)3)18(17)16(8,9)15(5,6)7/h12H,1-9H3/q+1. The molecule has 1 atom stereocenters. The van der Waals surface area contributed by atoms with Crippen LogP contribution in [0.25, 0.3) is 0 Å². The van der Waals surface area contributed by atoms with Gasteiger partial charge in [-0.3, -0.25) is 0 Å². The molecule has 1 aliphatic rings. The van der Waals surface area contributed by atoms with Crippen molar-refractivity contribution in [2.24, 2.45) is 5.92 Å². The van der Waals surface area contributed by atoms with E-state index in [0.29, 0.717) is 10.1 Å². The van der Waals surface area contributed by atoms with Gasteiger partial charge in [0.2, 0.25) is 0 Å². The molecule has 0 aromatic heterocycles. The van der Waals surface area contributed by atoms with E-state index in [1.165, 1.54) is 21.9 Å². The van der Waals surface area contributed by atoms with Crippen LogP contribution in [-0.4, -0.2) is 32.6 Å². The third kappa shape index (κ3) is 2.18. The van der Waals surface area contributed by atoms with Crippen LogP contribution in [0.1, 0.15) is 48.5 Å². The third-order valence-corrected chi connectivity index (χ3v) is 8.01. The zero-order valence-electron chi connectivity index (χ0n) is 13.4. The van der Waals surface area contributed by atoms with Crippen LogP contribution in [0.3, 0.4) is 0 Å². The van der Waals surface area contributed by atoms with E-state index in [2.05, 4.69) is 62.6 Å².